The first kappa shape index (κ1) is 26.8. The molecule has 0 N–H and O–H groups in total. The quantitative estimate of drug-likeness (QED) is 0.203. The molecule has 0 spiro atoms. The summed E-state index contributed by atoms with van der Waals surface area (Å²) in [5.41, 5.74) is 3.96. The lowest BCUT2D eigenvalue weighted by molar-refractivity contribution is -0.124. The van der Waals surface area contributed by atoms with Crippen molar-refractivity contribution in [3.63, 3.8) is 0 Å². The van der Waals surface area contributed by atoms with Crippen molar-refractivity contribution in [2.75, 3.05) is 0 Å². The molecule has 1 saturated heterocycles. The number of carbonyl (C=O) groups is 1. The average molecular weight is 586 g/mol. The molecule has 1 saturated carbocycles. The first-order valence-electron chi connectivity index (χ1n) is 13.4. The van der Waals surface area contributed by atoms with Gasteiger partial charge in [-0.2, -0.15) is 4.99 Å². The fourth-order valence-electron chi connectivity index (χ4n) is 4.92. The van der Waals surface area contributed by atoms with Crippen LogP contribution in [0, 0.1) is 0 Å². The normalized spacial score (nSPS) is 18.1. The molecule has 2 aliphatic rings. The number of hydrogen-bond donors (Lipinski definition) is 0. The topological polar surface area (TPSA) is 54.8 Å². The zero-order chi connectivity index (χ0) is 27.3. The highest BCUT2D eigenvalue weighted by atomic mass is 35.5. The van der Waals surface area contributed by atoms with Gasteiger partial charge in [-0.1, -0.05) is 85.5 Å². The van der Waals surface area contributed by atoms with Crippen molar-refractivity contribution in [1.82, 2.24) is 9.88 Å². The lowest BCUT2D eigenvalue weighted by Crippen LogP contribution is -2.40. The summed E-state index contributed by atoms with van der Waals surface area (Å²) >= 11 is 8.91. The van der Waals surface area contributed by atoms with E-state index in [1.807, 2.05) is 95.2 Å². The zero-order valence-corrected chi connectivity index (χ0v) is 24.2. The molecule has 4 aromatic rings. The van der Waals surface area contributed by atoms with Gasteiger partial charge in [0.05, 0.1) is 10.6 Å². The van der Waals surface area contributed by atoms with Crippen molar-refractivity contribution in [3.8, 4) is 17.0 Å². The number of amides is 1. The van der Waals surface area contributed by atoms with Crippen LogP contribution < -0.4 is 4.74 Å². The SMILES string of the molecule is O=C1/C(=C/c2ccc(OCc3ccc(Cl)cc3)cc2)S/C(=N/c2nc(-c3ccccc3)cs2)N1C1CCCCC1. The molecule has 40 heavy (non-hydrogen) atoms. The number of halogens is 1. The van der Waals surface area contributed by atoms with Gasteiger partial charge in [0.25, 0.3) is 5.91 Å². The third-order valence-electron chi connectivity index (χ3n) is 7.03. The van der Waals surface area contributed by atoms with Gasteiger partial charge in [0.2, 0.25) is 5.13 Å². The number of benzene rings is 3. The van der Waals surface area contributed by atoms with Crippen molar-refractivity contribution < 1.29 is 9.53 Å². The molecule has 1 aromatic heterocycles. The second-order valence-electron chi connectivity index (χ2n) is 9.84. The molecule has 0 bridgehead atoms. The number of ether oxygens (including phenoxy) is 1. The van der Waals surface area contributed by atoms with Crippen molar-refractivity contribution in [1.29, 1.82) is 0 Å². The maximum absolute atomic E-state index is 13.7. The van der Waals surface area contributed by atoms with Crippen LogP contribution >= 0.6 is 34.7 Å². The molecule has 1 amide bonds. The molecule has 0 atom stereocenters. The Kier molecular flexibility index (Phi) is 8.32. The van der Waals surface area contributed by atoms with Gasteiger partial charge in [-0.3, -0.25) is 9.69 Å². The molecule has 5 nitrogen and oxygen atoms in total. The van der Waals surface area contributed by atoms with Gasteiger partial charge in [0, 0.05) is 22.0 Å². The Morgan fingerprint density at radius 3 is 2.48 bits per heavy atom. The minimum Gasteiger partial charge on any atom is -0.489 e. The number of thiazole rings is 1. The van der Waals surface area contributed by atoms with Gasteiger partial charge in [-0.15, -0.1) is 11.3 Å². The minimum atomic E-state index is 0.0264. The molecular weight excluding hydrogens is 558 g/mol. The van der Waals surface area contributed by atoms with Gasteiger partial charge in [0.1, 0.15) is 12.4 Å². The third-order valence-corrected chi connectivity index (χ3v) is 9.00. The monoisotopic (exact) mass is 585 g/mol. The van der Waals surface area contributed by atoms with Crippen LogP contribution in [-0.2, 0) is 11.4 Å². The summed E-state index contributed by atoms with van der Waals surface area (Å²) in [6, 6.07) is 25.7. The molecule has 3 aromatic carbocycles. The standard InChI is InChI=1S/C32H28ClN3O2S2/c33-25-15-11-23(12-16-25)20-38-27-17-13-22(14-18-27)19-29-30(37)36(26-9-5-2-6-10-26)32(40-29)35-31-34-28(21-39-31)24-7-3-1-4-8-24/h1,3-4,7-8,11-19,21,26H,2,5-6,9-10,20H2/b29-19-,35-32+. The summed E-state index contributed by atoms with van der Waals surface area (Å²) in [5, 5.41) is 4.12. The molecule has 2 heterocycles. The number of nitrogens with zero attached hydrogens (tertiary/aromatic N) is 3. The molecule has 1 aliphatic carbocycles. The lowest BCUT2D eigenvalue weighted by Gasteiger charge is -2.30. The predicted octanol–water partition coefficient (Wildman–Crippen LogP) is 8.98. The maximum atomic E-state index is 13.7. The Balaban J connectivity index is 1.21. The minimum absolute atomic E-state index is 0.0264. The molecule has 2 fully saturated rings. The van der Waals surface area contributed by atoms with E-state index in [4.69, 9.17) is 26.3 Å². The van der Waals surface area contributed by atoms with E-state index in [1.165, 1.54) is 29.5 Å². The zero-order valence-electron chi connectivity index (χ0n) is 21.8. The smallest absolute Gasteiger partial charge is 0.267 e. The Labute approximate surface area is 247 Å². The molecule has 8 heteroatoms. The Hall–Kier alpha value is -3.39. The van der Waals surface area contributed by atoms with Crippen LogP contribution in [0.3, 0.4) is 0 Å². The summed E-state index contributed by atoms with van der Waals surface area (Å²) in [7, 11) is 0. The Bertz CT molecular complexity index is 1530. The number of carbonyl (C=O) groups excluding carboxylic acids is 1. The molecule has 1 aliphatic heterocycles. The summed E-state index contributed by atoms with van der Waals surface area (Å²) < 4.78 is 5.92. The van der Waals surface area contributed by atoms with Crippen molar-refractivity contribution >= 4 is 57.0 Å². The number of aliphatic imine (C=N–C) groups is 1. The largest absolute Gasteiger partial charge is 0.489 e. The van der Waals surface area contributed by atoms with Crippen LogP contribution in [0.15, 0.2) is 94.1 Å². The van der Waals surface area contributed by atoms with Crippen LogP contribution in [-0.4, -0.2) is 27.0 Å². The molecule has 202 valence electrons. The Morgan fingerprint density at radius 1 is 0.975 bits per heavy atom. The highest BCUT2D eigenvalue weighted by Crippen LogP contribution is 2.39. The second-order valence-corrected chi connectivity index (χ2v) is 12.1. The molecule has 6 rings (SSSR count). The van der Waals surface area contributed by atoms with E-state index < -0.39 is 0 Å². The van der Waals surface area contributed by atoms with Crippen LogP contribution in [0.2, 0.25) is 5.02 Å². The van der Waals surface area contributed by atoms with Crippen molar-refractivity contribution in [2.24, 2.45) is 4.99 Å². The first-order valence-corrected chi connectivity index (χ1v) is 15.5. The van der Waals surface area contributed by atoms with E-state index in [-0.39, 0.29) is 11.9 Å². The average Bonchev–Trinajstić information content (AvgIpc) is 3.58. The molecule has 0 unspecified atom stereocenters. The number of rotatable bonds is 7. The van der Waals surface area contributed by atoms with Crippen LogP contribution in [0.5, 0.6) is 5.75 Å². The van der Waals surface area contributed by atoms with Gasteiger partial charge in [0.15, 0.2) is 5.17 Å². The van der Waals surface area contributed by atoms with Crippen LogP contribution in [0.25, 0.3) is 17.3 Å². The van der Waals surface area contributed by atoms with E-state index in [0.29, 0.717) is 21.7 Å². The summed E-state index contributed by atoms with van der Waals surface area (Å²) in [6.45, 7) is 0.463. The number of hydrogen-bond acceptors (Lipinski definition) is 6. The van der Waals surface area contributed by atoms with Gasteiger partial charge in [-0.25, -0.2) is 4.98 Å². The number of aromatic nitrogens is 1. The predicted molar refractivity (Wildman–Crippen MR) is 166 cm³/mol. The fourth-order valence-corrected chi connectivity index (χ4v) is 6.84. The number of amidine groups is 1. The van der Waals surface area contributed by atoms with Crippen LogP contribution in [0.1, 0.15) is 43.2 Å². The van der Waals surface area contributed by atoms with E-state index in [2.05, 4.69) is 0 Å². The van der Waals surface area contributed by atoms with Crippen molar-refractivity contribution in [2.45, 2.75) is 44.8 Å². The Morgan fingerprint density at radius 2 is 1.73 bits per heavy atom. The van der Waals surface area contributed by atoms with Crippen molar-refractivity contribution in [3.05, 3.63) is 105 Å². The lowest BCUT2D eigenvalue weighted by atomic mass is 9.94. The first-order chi connectivity index (χ1) is 19.6. The highest BCUT2D eigenvalue weighted by Gasteiger charge is 2.38. The molecule has 0 radical (unpaired) electrons. The van der Waals surface area contributed by atoms with Gasteiger partial charge >= 0.3 is 0 Å². The highest BCUT2D eigenvalue weighted by molar-refractivity contribution is 8.18. The number of thioether (sulfide) groups is 1. The molecular formula is C32H28ClN3O2S2. The van der Waals surface area contributed by atoms with E-state index in [9.17, 15) is 4.79 Å². The summed E-state index contributed by atoms with van der Waals surface area (Å²) in [4.78, 5) is 25.9. The third kappa shape index (κ3) is 6.33. The second kappa shape index (κ2) is 12.4. The van der Waals surface area contributed by atoms with Crippen LogP contribution in [0.4, 0.5) is 5.13 Å². The van der Waals surface area contributed by atoms with E-state index in [0.717, 1.165) is 59.0 Å². The maximum Gasteiger partial charge on any atom is 0.267 e. The summed E-state index contributed by atoms with van der Waals surface area (Å²) in [5.74, 6) is 0.796. The summed E-state index contributed by atoms with van der Waals surface area (Å²) in [6.07, 6.45) is 7.46. The van der Waals surface area contributed by atoms with E-state index >= 15 is 0 Å². The van der Waals surface area contributed by atoms with Gasteiger partial charge < -0.3 is 4.74 Å². The fraction of sp³-hybridized carbons (Fsp3) is 0.219. The van der Waals surface area contributed by atoms with E-state index in [1.54, 1.807) is 0 Å². The van der Waals surface area contributed by atoms with Gasteiger partial charge in [-0.05, 0) is 66.1 Å².